The Hall–Kier alpha value is -1.74. The van der Waals surface area contributed by atoms with Crippen LogP contribution in [0.2, 0.25) is 15.2 Å². The molecule has 1 saturated carbocycles. The summed E-state index contributed by atoms with van der Waals surface area (Å²) < 4.78 is 0. The monoisotopic (exact) mass is 555 g/mol. The van der Waals surface area contributed by atoms with Gasteiger partial charge >= 0.3 is 0 Å². The van der Waals surface area contributed by atoms with Gasteiger partial charge in [0.15, 0.2) is 5.16 Å². The van der Waals surface area contributed by atoms with E-state index in [-0.39, 0.29) is 17.6 Å². The van der Waals surface area contributed by atoms with Crippen molar-refractivity contribution < 1.29 is 9.59 Å². The molecule has 2 amide bonds. The van der Waals surface area contributed by atoms with Crippen molar-refractivity contribution in [2.75, 3.05) is 43.4 Å². The maximum absolute atomic E-state index is 12.7. The lowest BCUT2D eigenvalue weighted by molar-refractivity contribution is -0.135. The van der Waals surface area contributed by atoms with Gasteiger partial charge in [0.1, 0.15) is 11.0 Å². The normalized spacial score (nSPS) is 16.5. The molecule has 188 valence electrons. The number of amides is 2. The van der Waals surface area contributed by atoms with Crippen molar-refractivity contribution in [3.8, 4) is 0 Å². The highest BCUT2D eigenvalue weighted by atomic mass is 35.5. The van der Waals surface area contributed by atoms with Crippen LogP contribution < -0.4 is 10.2 Å². The first-order valence-electron chi connectivity index (χ1n) is 11.8. The van der Waals surface area contributed by atoms with Gasteiger partial charge in [0.05, 0.1) is 5.75 Å². The van der Waals surface area contributed by atoms with Gasteiger partial charge in [0.2, 0.25) is 11.8 Å². The van der Waals surface area contributed by atoms with E-state index in [2.05, 4.69) is 20.2 Å². The molecule has 1 aromatic carbocycles. The molecule has 7 nitrogen and oxygen atoms in total. The molecule has 0 unspecified atom stereocenters. The molecule has 1 saturated heterocycles. The molecule has 1 N–H and O–H groups in total. The summed E-state index contributed by atoms with van der Waals surface area (Å²) in [5, 5.41) is 4.84. The van der Waals surface area contributed by atoms with Crippen LogP contribution in [0, 0.1) is 5.92 Å². The average Bonchev–Trinajstić information content (AvgIpc) is 3.38. The molecule has 4 rings (SSSR count). The zero-order valence-corrected chi connectivity index (χ0v) is 22.4. The molecule has 2 aromatic rings. The molecule has 2 heterocycles. The Labute approximate surface area is 224 Å². The highest BCUT2D eigenvalue weighted by molar-refractivity contribution is 7.99. The van der Waals surface area contributed by atoms with Gasteiger partial charge in [-0.3, -0.25) is 9.59 Å². The number of aromatic nitrogens is 2. The number of hydrogen-bond donors (Lipinski definition) is 1. The van der Waals surface area contributed by atoms with Crippen molar-refractivity contribution >= 4 is 64.2 Å². The maximum atomic E-state index is 12.7. The fraction of sp³-hybridized carbons (Fsp3) is 0.500. The van der Waals surface area contributed by atoms with E-state index in [0.717, 1.165) is 37.1 Å². The third-order valence-corrected chi connectivity index (χ3v) is 7.97. The molecule has 1 aliphatic heterocycles. The van der Waals surface area contributed by atoms with Crippen LogP contribution in [0.15, 0.2) is 29.4 Å². The van der Waals surface area contributed by atoms with Crippen molar-refractivity contribution in [2.24, 2.45) is 5.92 Å². The number of rotatable bonds is 8. The number of nitrogens with zero attached hydrogens (tertiary/aromatic N) is 4. The number of thioether (sulfide) groups is 1. The van der Waals surface area contributed by atoms with Gasteiger partial charge in [-0.05, 0) is 37.0 Å². The largest absolute Gasteiger partial charge is 0.355 e. The fourth-order valence-electron chi connectivity index (χ4n) is 4.44. The van der Waals surface area contributed by atoms with E-state index in [1.54, 1.807) is 18.2 Å². The van der Waals surface area contributed by atoms with Gasteiger partial charge in [-0.25, -0.2) is 9.97 Å². The van der Waals surface area contributed by atoms with E-state index >= 15 is 0 Å². The summed E-state index contributed by atoms with van der Waals surface area (Å²) in [5.74, 6) is 1.27. The Balaban J connectivity index is 1.24. The maximum Gasteiger partial charge on any atom is 0.230 e. The average molecular weight is 557 g/mol. The van der Waals surface area contributed by atoms with Crippen LogP contribution in [0.5, 0.6) is 0 Å². The predicted molar refractivity (Wildman–Crippen MR) is 142 cm³/mol. The van der Waals surface area contributed by atoms with E-state index in [1.165, 1.54) is 11.8 Å². The summed E-state index contributed by atoms with van der Waals surface area (Å²) in [6.45, 7) is 3.22. The SMILES string of the molecule is O=C(CSc1nc(Cl)cc(N2CCN(C(=O)C3CCCC3)CC2)n1)NCCc1ccc(Cl)cc1Cl. The van der Waals surface area contributed by atoms with Crippen molar-refractivity contribution in [2.45, 2.75) is 37.3 Å². The quantitative estimate of drug-likeness (QED) is 0.288. The Morgan fingerprint density at radius 2 is 1.77 bits per heavy atom. The van der Waals surface area contributed by atoms with Gasteiger partial charge in [0, 0.05) is 54.8 Å². The van der Waals surface area contributed by atoms with Crippen molar-refractivity contribution in [3.05, 3.63) is 45.0 Å². The van der Waals surface area contributed by atoms with E-state index in [1.807, 2.05) is 11.0 Å². The number of halogens is 3. The predicted octanol–water partition coefficient (Wildman–Crippen LogP) is 4.73. The molecular formula is C24H28Cl3N5O2S. The third-order valence-electron chi connectivity index (χ3n) is 6.34. The summed E-state index contributed by atoms with van der Waals surface area (Å²) >= 11 is 19.6. The second kappa shape index (κ2) is 12.5. The Morgan fingerprint density at radius 3 is 2.49 bits per heavy atom. The second-order valence-corrected chi connectivity index (χ2v) is 10.9. The third kappa shape index (κ3) is 7.38. The molecule has 0 bridgehead atoms. The van der Waals surface area contributed by atoms with Crippen LogP contribution in [0.4, 0.5) is 5.82 Å². The molecule has 35 heavy (non-hydrogen) atoms. The molecule has 1 aromatic heterocycles. The molecule has 0 radical (unpaired) electrons. The highest BCUT2D eigenvalue weighted by Crippen LogP contribution is 2.28. The molecular weight excluding hydrogens is 529 g/mol. The van der Waals surface area contributed by atoms with Crippen LogP contribution in [0.1, 0.15) is 31.2 Å². The van der Waals surface area contributed by atoms with Crippen LogP contribution in [0.3, 0.4) is 0 Å². The van der Waals surface area contributed by atoms with Crippen LogP contribution in [-0.4, -0.2) is 65.2 Å². The number of carbonyl (C=O) groups is 2. The molecule has 2 fully saturated rings. The summed E-state index contributed by atoms with van der Waals surface area (Å²) in [4.78, 5) is 38.0. The first-order chi connectivity index (χ1) is 16.9. The fourth-order valence-corrected chi connectivity index (χ4v) is 5.86. The van der Waals surface area contributed by atoms with Gasteiger partial charge in [-0.1, -0.05) is 65.5 Å². The topological polar surface area (TPSA) is 78.4 Å². The number of carbonyl (C=O) groups excluding carboxylic acids is 2. The Bertz CT molecular complexity index is 1060. The van der Waals surface area contributed by atoms with E-state index in [0.29, 0.717) is 65.4 Å². The number of anilines is 1. The summed E-state index contributed by atoms with van der Waals surface area (Å²) in [6.07, 6.45) is 4.96. The van der Waals surface area contributed by atoms with E-state index in [9.17, 15) is 9.59 Å². The van der Waals surface area contributed by atoms with Gasteiger partial charge in [-0.2, -0.15) is 0 Å². The van der Waals surface area contributed by atoms with Crippen LogP contribution >= 0.6 is 46.6 Å². The number of nitrogens with one attached hydrogen (secondary N) is 1. The van der Waals surface area contributed by atoms with Gasteiger partial charge < -0.3 is 15.1 Å². The first-order valence-corrected chi connectivity index (χ1v) is 13.9. The smallest absolute Gasteiger partial charge is 0.230 e. The van der Waals surface area contributed by atoms with Crippen LogP contribution in [-0.2, 0) is 16.0 Å². The minimum Gasteiger partial charge on any atom is -0.355 e. The zero-order valence-electron chi connectivity index (χ0n) is 19.3. The lowest BCUT2D eigenvalue weighted by atomic mass is 10.1. The van der Waals surface area contributed by atoms with E-state index < -0.39 is 0 Å². The highest BCUT2D eigenvalue weighted by Gasteiger charge is 2.29. The lowest BCUT2D eigenvalue weighted by Crippen LogP contribution is -2.50. The summed E-state index contributed by atoms with van der Waals surface area (Å²) in [6, 6.07) is 7.06. The number of hydrogen-bond acceptors (Lipinski definition) is 6. The minimum absolute atomic E-state index is 0.121. The second-order valence-electron chi connectivity index (χ2n) is 8.75. The van der Waals surface area contributed by atoms with E-state index in [4.69, 9.17) is 34.8 Å². The Morgan fingerprint density at radius 1 is 1.03 bits per heavy atom. The van der Waals surface area contributed by atoms with Crippen LogP contribution in [0.25, 0.3) is 0 Å². The molecule has 2 aliphatic rings. The molecule has 11 heteroatoms. The van der Waals surface area contributed by atoms with Crippen molar-refractivity contribution in [1.29, 1.82) is 0 Å². The number of piperazine rings is 1. The lowest BCUT2D eigenvalue weighted by Gasteiger charge is -2.36. The molecule has 0 spiro atoms. The Kier molecular flexibility index (Phi) is 9.39. The van der Waals surface area contributed by atoms with Gasteiger partial charge in [0.25, 0.3) is 0 Å². The summed E-state index contributed by atoms with van der Waals surface area (Å²) in [5.41, 5.74) is 0.928. The molecule has 0 atom stereocenters. The minimum atomic E-state index is -0.121. The van der Waals surface area contributed by atoms with Crippen molar-refractivity contribution in [1.82, 2.24) is 20.2 Å². The standard InChI is InChI=1S/C24H28Cl3N5O2S/c25-18-6-5-16(19(26)13-18)7-8-28-22(33)15-35-24-29-20(27)14-21(30-24)31-9-11-32(12-10-31)23(34)17-3-1-2-4-17/h5-6,13-14,17H,1-4,7-12,15H2,(H,28,33). The van der Waals surface area contributed by atoms with Gasteiger partial charge in [-0.15, -0.1) is 0 Å². The summed E-state index contributed by atoms with van der Waals surface area (Å²) in [7, 11) is 0. The first kappa shape index (κ1) is 26.3. The molecule has 1 aliphatic carbocycles. The zero-order chi connectivity index (χ0) is 24.8. The van der Waals surface area contributed by atoms with Crippen molar-refractivity contribution in [3.63, 3.8) is 0 Å². The number of benzene rings is 1.